The van der Waals surface area contributed by atoms with Crippen molar-refractivity contribution >= 4 is 21.1 Å². The zero-order valence-corrected chi connectivity index (χ0v) is 21.1. The zero-order valence-electron chi connectivity index (χ0n) is 20.3. The van der Waals surface area contributed by atoms with Crippen molar-refractivity contribution in [3.8, 4) is 11.1 Å². The maximum Gasteiger partial charge on any atom is 0.269 e. The van der Waals surface area contributed by atoms with Crippen molar-refractivity contribution < 1.29 is 12.8 Å². The third-order valence-electron chi connectivity index (χ3n) is 7.80. The van der Waals surface area contributed by atoms with Gasteiger partial charge in [-0.05, 0) is 61.8 Å². The number of likely N-dealkylation sites (tertiary alicyclic amines) is 1. The van der Waals surface area contributed by atoms with Gasteiger partial charge in [0.05, 0.1) is 11.1 Å². The Labute approximate surface area is 210 Å². The number of alkyl halides is 1. The number of rotatable bonds is 5. The SMILES string of the molecule is Cn1cc(-c2cn(S(=O)(=O)c3ccccc3)c3ncc([C@H]4CC[C@@H](N5CC[C@H](F)C5)CC4)cc23)cn1. The van der Waals surface area contributed by atoms with Crippen LogP contribution in [-0.2, 0) is 17.1 Å². The predicted molar refractivity (Wildman–Crippen MR) is 137 cm³/mol. The van der Waals surface area contributed by atoms with Crippen molar-refractivity contribution in [2.24, 2.45) is 7.05 Å². The molecule has 0 radical (unpaired) electrons. The van der Waals surface area contributed by atoms with E-state index in [0.717, 1.165) is 54.3 Å². The Morgan fingerprint density at radius 1 is 1.00 bits per heavy atom. The van der Waals surface area contributed by atoms with Gasteiger partial charge in [0, 0.05) is 61.3 Å². The van der Waals surface area contributed by atoms with Gasteiger partial charge in [-0.3, -0.25) is 9.58 Å². The Kier molecular flexibility index (Phi) is 5.92. The van der Waals surface area contributed by atoms with Gasteiger partial charge in [0.25, 0.3) is 10.0 Å². The van der Waals surface area contributed by atoms with Crippen LogP contribution in [0.4, 0.5) is 4.39 Å². The van der Waals surface area contributed by atoms with E-state index in [2.05, 4.69) is 16.1 Å². The molecule has 1 aromatic carbocycles. The second-order valence-corrected chi connectivity index (χ2v) is 11.9. The molecule has 0 unspecified atom stereocenters. The van der Waals surface area contributed by atoms with Gasteiger partial charge in [-0.1, -0.05) is 18.2 Å². The molecular weight excluding hydrogens is 477 g/mol. The summed E-state index contributed by atoms with van der Waals surface area (Å²) in [6.45, 7) is 1.43. The van der Waals surface area contributed by atoms with Crippen LogP contribution in [0.2, 0.25) is 0 Å². The molecule has 0 N–H and O–H groups in total. The summed E-state index contributed by atoms with van der Waals surface area (Å²) < 4.78 is 43.8. The highest BCUT2D eigenvalue weighted by molar-refractivity contribution is 7.90. The second kappa shape index (κ2) is 9.12. The lowest BCUT2D eigenvalue weighted by atomic mass is 9.81. The predicted octanol–water partition coefficient (Wildman–Crippen LogP) is 4.74. The molecule has 7 nitrogen and oxygen atoms in total. The summed E-state index contributed by atoms with van der Waals surface area (Å²) in [5.74, 6) is 0.359. The standard InChI is InChI=1S/C27H30FN5O2S/c1-31-16-21(15-30-31)26-18-33(36(34,35)24-5-3-2-4-6-24)27-25(26)13-20(14-29-27)19-7-9-23(10-8-19)32-12-11-22(28)17-32/h2-6,13-16,18-19,22-23H,7-12,17H2,1H3/t19-,22-,23+/m0/s1. The third-order valence-corrected chi connectivity index (χ3v) is 9.46. The molecule has 3 aromatic heterocycles. The van der Waals surface area contributed by atoms with Crippen LogP contribution >= 0.6 is 0 Å². The van der Waals surface area contributed by atoms with E-state index in [1.54, 1.807) is 47.4 Å². The third kappa shape index (κ3) is 4.14. The summed E-state index contributed by atoms with van der Waals surface area (Å²) in [5, 5.41) is 5.11. The lowest BCUT2D eigenvalue weighted by Crippen LogP contribution is -2.36. The van der Waals surface area contributed by atoms with Crippen LogP contribution in [0.1, 0.15) is 43.6 Å². The van der Waals surface area contributed by atoms with Crippen LogP contribution < -0.4 is 0 Å². The Hall–Kier alpha value is -3.04. The van der Waals surface area contributed by atoms with Gasteiger partial charge in [0.2, 0.25) is 0 Å². The van der Waals surface area contributed by atoms with E-state index in [9.17, 15) is 12.8 Å². The summed E-state index contributed by atoms with van der Waals surface area (Å²) in [6.07, 6.45) is 11.3. The number of hydrogen-bond donors (Lipinski definition) is 0. The molecule has 1 atom stereocenters. The van der Waals surface area contributed by atoms with E-state index in [-0.39, 0.29) is 4.90 Å². The fraction of sp³-hybridized carbons (Fsp3) is 0.407. The zero-order chi connectivity index (χ0) is 24.9. The Morgan fingerprint density at radius 3 is 2.44 bits per heavy atom. The number of nitrogens with zero attached hydrogens (tertiary/aromatic N) is 5. The van der Waals surface area contributed by atoms with E-state index < -0.39 is 16.2 Å². The second-order valence-electron chi connectivity index (χ2n) is 10.1. The first kappa shape index (κ1) is 23.4. The molecule has 0 bridgehead atoms. The fourth-order valence-electron chi connectivity index (χ4n) is 5.85. The molecule has 1 saturated carbocycles. The number of hydrogen-bond acceptors (Lipinski definition) is 5. The summed E-state index contributed by atoms with van der Waals surface area (Å²) >= 11 is 0. The van der Waals surface area contributed by atoms with Crippen molar-refractivity contribution in [1.29, 1.82) is 0 Å². The average Bonchev–Trinajstić information content (AvgIpc) is 3.62. The molecule has 1 saturated heterocycles. The fourth-order valence-corrected chi connectivity index (χ4v) is 7.19. The first-order valence-corrected chi connectivity index (χ1v) is 14.0. The van der Waals surface area contributed by atoms with Gasteiger partial charge in [0.1, 0.15) is 6.17 Å². The minimum atomic E-state index is -3.81. The van der Waals surface area contributed by atoms with Crippen LogP contribution in [0.5, 0.6) is 0 Å². The van der Waals surface area contributed by atoms with Crippen LogP contribution in [0.3, 0.4) is 0 Å². The molecule has 2 fully saturated rings. The topological polar surface area (TPSA) is 73.0 Å². The smallest absolute Gasteiger partial charge is 0.269 e. The minimum Gasteiger partial charge on any atom is -0.297 e. The first-order valence-electron chi connectivity index (χ1n) is 12.6. The first-order chi connectivity index (χ1) is 17.4. The van der Waals surface area contributed by atoms with Gasteiger partial charge < -0.3 is 0 Å². The van der Waals surface area contributed by atoms with E-state index in [1.165, 1.54) is 3.97 Å². The van der Waals surface area contributed by atoms with Crippen molar-refractivity contribution in [3.05, 3.63) is 66.7 Å². The molecule has 188 valence electrons. The summed E-state index contributed by atoms with van der Waals surface area (Å²) in [6, 6.07) is 11.0. The quantitative estimate of drug-likeness (QED) is 0.390. The minimum absolute atomic E-state index is 0.223. The van der Waals surface area contributed by atoms with Gasteiger partial charge in [-0.2, -0.15) is 5.10 Å². The number of benzene rings is 1. The summed E-state index contributed by atoms with van der Waals surface area (Å²) in [5.41, 5.74) is 3.20. The number of pyridine rings is 1. The number of halogens is 1. The highest BCUT2D eigenvalue weighted by Crippen LogP contribution is 2.39. The van der Waals surface area contributed by atoms with Crippen molar-refractivity contribution in [2.45, 2.75) is 55.1 Å². The highest BCUT2D eigenvalue weighted by Gasteiger charge is 2.32. The Morgan fingerprint density at radius 2 is 1.78 bits per heavy atom. The summed E-state index contributed by atoms with van der Waals surface area (Å²) in [7, 11) is -1.97. The number of aromatic nitrogens is 4. The van der Waals surface area contributed by atoms with Crippen LogP contribution in [0, 0.1) is 0 Å². The van der Waals surface area contributed by atoms with Crippen molar-refractivity contribution in [2.75, 3.05) is 13.1 Å². The number of aryl methyl sites for hydroxylation is 1. The normalized spacial score (nSPS) is 23.4. The van der Waals surface area contributed by atoms with Crippen LogP contribution in [-0.4, -0.2) is 57.4 Å². The van der Waals surface area contributed by atoms with Crippen LogP contribution in [0.15, 0.2) is 66.1 Å². The van der Waals surface area contributed by atoms with Crippen LogP contribution in [0.25, 0.3) is 22.2 Å². The molecule has 4 heterocycles. The molecule has 6 rings (SSSR count). The maximum atomic E-state index is 13.7. The molecule has 9 heteroatoms. The highest BCUT2D eigenvalue weighted by atomic mass is 32.2. The van der Waals surface area contributed by atoms with Crippen molar-refractivity contribution in [3.63, 3.8) is 0 Å². The summed E-state index contributed by atoms with van der Waals surface area (Å²) in [4.78, 5) is 7.24. The Bertz CT molecular complexity index is 1490. The van der Waals surface area contributed by atoms with E-state index in [1.807, 2.05) is 19.4 Å². The van der Waals surface area contributed by atoms with Gasteiger partial charge in [0.15, 0.2) is 5.65 Å². The molecule has 1 aliphatic heterocycles. The van der Waals surface area contributed by atoms with Gasteiger partial charge in [-0.25, -0.2) is 21.8 Å². The van der Waals surface area contributed by atoms with E-state index in [0.29, 0.717) is 30.6 Å². The van der Waals surface area contributed by atoms with Gasteiger partial charge >= 0.3 is 0 Å². The molecular formula is C27H30FN5O2S. The maximum absolute atomic E-state index is 13.7. The monoisotopic (exact) mass is 507 g/mol. The van der Waals surface area contributed by atoms with Gasteiger partial charge in [-0.15, -0.1) is 0 Å². The Balaban J connectivity index is 1.36. The molecule has 1 aliphatic carbocycles. The molecule has 2 aliphatic rings. The van der Waals surface area contributed by atoms with Crippen molar-refractivity contribution in [1.82, 2.24) is 23.6 Å². The lowest BCUT2D eigenvalue weighted by molar-refractivity contribution is 0.170. The van der Waals surface area contributed by atoms with E-state index in [4.69, 9.17) is 4.98 Å². The molecule has 4 aromatic rings. The molecule has 0 amide bonds. The molecule has 0 spiro atoms. The van der Waals surface area contributed by atoms with E-state index >= 15 is 0 Å². The molecule has 36 heavy (non-hydrogen) atoms. The number of fused-ring (bicyclic) bond motifs is 1. The average molecular weight is 508 g/mol. The lowest BCUT2D eigenvalue weighted by Gasteiger charge is -2.34. The largest absolute Gasteiger partial charge is 0.297 e.